The normalized spacial score (nSPS) is 14.0. The fourth-order valence-electron chi connectivity index (χ4n) is 3.56. The fraction of sp³-hybridized carbons (Fsp3) is 0.381. The number of carbonyl (C=O) groups is 1. The maximum absolute atomic E-state index is 12.8. The van der Waals surface area contributed by atoms with Crippen LogP contribution in [-0.2, 0) is 6.54 Å². The number of benzene rings is 2. The highest BCUT2D eigenvalue weighted by atomic mass is 16.2. The first-order valence-corrected chi connectivity index (χ1v) is 8.71. The Balaban J connectivity index is 1.79. The van der Waals surface area contributed by atoms with Crippen molar-refractivity contribution in [2.45, 2.75) is 33.2 Å². The van der Waals surface area contributed by atoms with Crippen molar-refractivity contribution in [1.29, 1.82) is 0 Å². The Morgan fingerprint density at radius 2 is 1.67 bits per heavy atom. The molecule has 1 fully saturated rings. The summed E-state index contributed by atoms with van der Waals surface area (Å²) in [6, 6.07) is 14.5. The van der Waals surface area contributed by atoms with Crippen molar-refractivity contribution in [1.82, 2.24) is 4.90 Å². The van der Waals surface area contributed by atoms with Crippen LogP contribution >= 0.6 is 0 Å². The van der Waals surface area contributed by atoms with Crippen LogP contribution in [0.5, 0.6) is 0 Å². The van der Waals surface area contributed by atoms with Gasteiger partial charge in [0.05, 0.1) is 0 Å². The number of amides is 1. The molecule has 1 amide bonds. The summed E-state index contributed by atoms with van der Waals surface area (Å²) >= 11 is 0. The van der Waals surface area contributed by atoms with Crippen molar-refractivity contribution in [3.63, 3.8) is 0 Å². The Hall–Kier alpha value is -2.29. The van der Waals surface area contributed by atoms with Gasteiger partial charge in [0, 0.05) is 37.9 Å². The lowest BCUT2D eigenvalue weighted by atomic mass is 10.1. The molecule has 24 heavy (non-hydrogen) atoms. The standard InChI is InChI=1S/C21H26N2O/c1-16-12-17(2)14-19(13-16)21(24)22(3)15-18-8-4-5-9-20(18)23-10-6-7-11-23/h4-5,8-9,12-14H,6-7,10-11,15H2,1-3H3. The maximum Gasteiger partial charge on any atom is 0.253 e. The lowest BCUT2D eigenvalue weighted by molar-refractivity contribution is 0.0785. The maximum atomic E-state index is 12.8. The molecular weight excluding hydrogens is 296 g/mol. The third kappa shape index (κ3) is 3.61. The molecule has 0 N–H and O–H groups in total. The molecule has 126 valence electrons. The van der Waals surface area contributed by atoms with Crippen molar-refractivity contribution < 1.29 is 4.79 Å². The fourth-order valence-corrected chi connectivity index (χ4v) is 3.56. The van der Waals surface area contributed by atoms with Crippen LogP contribution in [0.3, 0.4) is 0 Å². The summed E-state index contributed by atoms with van der Waals surface area (Å²) < 4.78 is 0. The summed E-state index contributed by atoms with van der Waals surface area (Å²) in [6.45, 7) is 6.94. The van der Waals surface area contributed by atoms with Crippen LogP contribution in [0, 0.1) is 13.8 Å². The quantitative estimate of drug-likeness (QED) is 0.843. The summed E-state index contributed by atoms with van der Waals surface area (Å²) in [5, 5.41) is 0. The van der Waals surface area contributed by atoms with E-state index in [4.69, 9.17) is 0 Å². The number of nitrogens with zero attached hydrogens (tertiary/aromatic N) is 2. The molecule has 0 spiro atoms. The first-order chi connectivity index (χ1) is 11.5. The number of hydrogen-bond donors (Lipinski definition) is 0. The molecule has 0 unspecified atom stereocenters. The zero-order valence-corrected chi connectivity index (χ0v) is 14.9. The third-order valence-electron chi connectivity index (χ3n) is 4.66. The smallest absolute Gasteiger partial charge is 0.253 e. The Bertz CT molecular complexity index is 712. The topological polar surface area (TPSA) is 23.6 Å². The zero-order valence-electron chi connectivity index (χ0n) is 14.9. The molecule has 0 radical (unpaired) electrons. The molecule has 3 nitrogen and oxygen atoms in total. The van der Waals surface area contributed by atoms with Gasteiger partial charge in [0.15, 0.2) is 0 Å². The first-order valence-electron chi connectivity index (χ1n) is 8.71. The lowest BCUT2D eigenvalue weighted by Gasteiger charge is -2.24. The van der Waals surface area contributed by atoms with E-state index in [0.29, 0.717) is 6.54 Å². The summed E-state index contributed by atoms with van der Waals surface area (Å²) in [5.74, 6) is 0.0815. The second kappa shape index (κ2) is 7.08. The van der Waals surface area contributed by atoms with E-state index >= 15 is 0 Å². The Kier molecular flexibility index (Phi) is 4.89. The van der Waals surface area contributed by atoms with Gasteiger partial charge in [0.2, 0.25) is 0 Å². The van der Waals surface area contributed by atoms with Gasteiger partial charge in [-0.2, -0.15) is 0 Å². The average Bonchev–Trinajstić information content (AvgIpc) is 3.08. The highest BCUT2D eigenvalue weighted by molar-refractivity contribution is 5.94. The summed E-state index contributed by atoms with van der Waals surface area (Å²) in [4.78, 5) is 17.1. The SMILES string of the molecule is Cc1cc(C)cc(C(=O)N(C)Cc2ccccc2N2CCCC2)c1. The van der Waals surface area contributed by atoms with Gasteiger partial charge in [-0.05, 0) is 50.5 Å². The van der Waals surface area contributed by atoms with Crippen LogP contribution < -0.4 is 4.90 Å². The van der Waals surface area contributed by atoms with E-state index in [1.165, 1.54) is 24.1 Å². The minimum atomic E-state index is 0.0815. The van der Waals surface area contributed by atoms with Gasteiger partial charge >= 0.3 is 0 Å². The van der Waals surface area contributed by atoms with Crippen molar-refractivity contribution in [2.24, 2.45) is 0 Å². The van der Waals surface area contributed by atoms with Crippen LogP contribution in [-0.4, -0.2) is 30.9 Å². The predicted molar refractivity (Wildman–Crippen MR) is 99.6 cm³/mol. The highest BCUT2D eigenvalue weighted by Crippen LogP contribution is 2.25. The Morgan fingerprint density at radius 3 is 2.33 bits per heavy atom. The third-order valence-corrected chi connectivity index (χ3v) is 4.66. The van der Waals surface area contributed by atoms with Crippen LogP contribution in [0.4, 0.5) is 5.69 Å². The van der Waals surface area contributed by atoms with Gasteiger partial charge in [0.1, 0.15) is 0 Å². The zero-order chi connectivity index (χ0) is 17.1. The van der Waals surface area contributed by atoms with Crippen LogP contribution in [0.2, 0.25) is 0 Å². The number of para-hydroxylation sites is 1. The molecule has 0 atom stereocenters. The highest BCUT2D eigenvalue weighted by Gasteiger charge is 2.18. The number of hydrogen-bond acceptors (Lipinski definition) is 2. The van der Waals surface area contributed by atoms with E-state index in [9.17, 15) is 4.79 Å². The van der Waals surface area contributed by atoms with E-state index in [1.54, 1.807) is 0 Å². The van der Waals surface area contributed by atoms with Crippen molar-refractivity contribution in [2.75, 3.05) is 25.0 Å². The summed E-state index contributed by atoms with van der Waals surface area (Å²) in [6.07, 6.45) is 2.51. The van der Waals surface area contributed by atoms with Gasteiger partial charge in [-0.1, -0.05) is 35.4 Å². The van der Waals surface area contributed by atoms with Gasteiger partial charge < -0.3 is 9.80 Å². The van der Waals surface area contributed by atoms with E-state index in [0.717, 1.165) is 29.8 Å². The minimum absolute atomic E-state index is 0.0815. The van der Waals surface area contributed by atoms with Crippen molar-refractivity contribution in [3.05, 3.63) is 64.7 Å². The monoisotopic (exact) mass is 322 g/mol. The van der Waals surface area contributed by atoms with E-state index in [2.05, 4.69) is 35.2 Å². The minimum Gasteiger partial charge on any atom is -0.371 e. The van der Waals surface area contributed by atoms with E-state index in [1.807, 2.05) is 37.9 Å². The van der Waals surface area contributed by atoms with Crippen molar-refractivity contribution >= 4 is 11.6 Å². The van der Waals surface area contributed by atoms with Gasteiger partial charge in [-0.25, -0.2) is 0 Å². The van der Waals surface area contributed by atoms with Crippen LogP contribution in [0.15, 0.2) is 42.5 Å². The van der Waals surface area contributed by atoms with Gasteiger partial charge in [-0.15, -0.1) is 0 Å². The molecule has 0 aliphatic carbocycles. The van der Waals surface area contributed by atoms with Gasteiger partial charge in [0.25, 0.3) is 5.91 Å². The largest absolute Gasteiger partial charge is 0.371 e. The van der Waals surface area contributed by atoms with Crippen LogP contribution in [0.25, 0.3) is 0 Å². The molecule has 1 heterocycles. The molecule has 3 rings (SSSR count). The molecule has 2 aromatic carbocycles. The second-order valence-corrected chi connectivity index (χ2v) is 6.86. The molecule has 1 aliphatic heterocycles. The molecular formula is C21H26N2O. The molecule has 1 aliphatic rings. The Morgan fingerprint density at radius 1 is 1.04 bits per heavy atom. The van der Waals surface area contributed by atoms with E-state index < -0.39 is 0 Å². The number of carbonyl (C=O) groups excluding carboxylic acids is 1. The molecule has 1 saturated heterocycles. The predicted octanol–water partition coefficient (Wildman–Crippen LogP) is 4.18. The Labute approximate surface area is 144 Å². The number of rotatable bonds is 4. The first kappa shape index (κ1) is 16.6. The van der Waals surface area contributed by atoms with Crippen LogP contribution in [0.1, 0.15) is 39.9 Å². The molecule has 0 bridgehead atoms. The summed E-state index contributed by atoms with van der Waals surface area (Å²) in [7, 11) is 1.89. The second-order valence-electron chi connectivity index (χ2n) is 6.86. The molecule has 2 aromatic rings. The average molecular weight is 322 g/mol. The number of aryl methyl sites for hydroxylation is 2. The number of anilines is 1. The molecule has 0 aromatic heterocycles. The van der Waals surface area contributed by atoms with Gasteiger partial charge in [-0.3, -0.25) is 4.79 Å². The molecule has 3 heteroatoms. The summed E-state index contributed by atoms with van der Waals surface area (Å²) in [5.41, 5.74) is 5.52. The van der Waals surface area contributed by atoms with Crippen molar-refractivity contribution in [3.8, 4) is 0 Å². The molecule has 0 saturated carbocycles. The lowest BCUT2D eigenvalue weighted by Crippen LogP contribution is -2.28. The van der Waals surface area contributed by atoms with E-state index in [-0.39, 0.29) is 5.91 Å².